The van der Waals surface area contributed by atoms with Gasteiger partial charge in [-0.05, 0) is 19.4 Å². The van der Waals surface area contributed by atoms with Gasteiger partial charge < -0.3 is 10.6 Å². The molecule has 1 atom stereocenters. The van der Waals surface area contributed by atoms with Crippen LogP contribution in [-0.2, 0) is 0 Å². The first-order chi connectivity index (χ1) is 8.58. The number of amides is 1. The van der Waals surface area contributed by atoms with E-state index >= 15 is 0 Å². The highest BCUT2D eigenvalue weighted by molar-refractivity contribution is 7.18. The van der Waals surface area contributed by atoms with Crippen LogP contribution in [0.15, 0.2) is 6.07 Å². The fraction of sp³-hybridized carbons (Fsp3) is 0.500. The Morgan fingerprint density at radius 2 is 2.44 bits per heavy atom. The molecule has 0 saturated carbocycles. The molecule has 1 aliphatic heterocycles. The van der Waals surface area contributed by atoms with E-state index in [4.69, 9.17) is 11.6 Å². The van der Waals surface area contributed by atoms with E-state index in [0.717, 1.165) is 37.3 Å². The van der Waals surface area contributed by atoms with Crippen molar-refractivity contribution in [2.24, 2.45) is 0 Å². The number of nitrogens with one attached hydrogen (secondary N) is 2. The van der Waals surface area contributed by atoms with Crippen LogP contribution in [0.2, 0.25) is 4.34 Å². The lowest BCUT2D eigenvalue weighted by Gasteiger charge is -2.23. The van der Waals surface area contributed by atoms with Gasteiger partial charge in [-0.15, -0.1) is 11.3 Å². The molecule has 98 valence electrons. The molecule has 18 heavy (non-hydrogen) atoms. The molecule has 1 saturated heterocycles. The molecule has 1 amide bonds. The fourth-order valence-corrected chi connectivity index (χ4v) is 2.95. The molecule has 1 unspecified atom stereocenters. The molecule has 6 nitrogen and oxygen atoms in total. The minimum atomic E-state index is -0.586. The molecule has 2 N–H and O–H groups in total. The third-order valence-corrected chi connectivity index (χ3v) is 4.06. The number of nitro groups is 1. The van der Waals surface area contributed by atoms with Crippen molar-refractivity contribution in [2.75, 3.05) is 13.1 Å². The van der Waals surface area contributed by atoms with E-state index < -0.39 is 4.92 Å². The van der Waals surface area contributed by atoms with Crippen LogP contribution in [0.3, 0.4) is 0 Å². The third kappa shape index (κ3) is 2.98. The summed E-state index contributed by atoms with van der Waals surface area (Å²) in [6.07, 6.45) is 1.93. The summed E-state index contributed by atoms with van der Waals surface area (Å²) in [4.78, 5) is 22.2. The standard InChI is InChI=1S/C10H12ClN3O3S/c11-9-7(14(16)17)4-8(18-9)10(15)13-6-2-1-3-12-5-6/h4,6,12H,1-3,5H2,(H,13,15). The number of hydrogen-bond acceptors (Lipinski definition) is 5. The van der Waals surface area contributed by atoms with E-state index in [2.05, 4.69) is 10.6 Å². The van der Waals surface area contributed by atoms with Gasteiger partial charge in [0, 0.05) is 18.7 Å². The number of thiophene rings is 1. The molecule has 0 aliphatic carbocycles. The fourth-order valence-electron chi connectivity index (χ4n) is 1.83. The van der Waals surface area contributed by atoms with Gasteiger partial charge >= 0.3 is 0 Å². The molecule has 2 rings (SSSR count). The maximum Gasteiger partial charge on any atom is 0.299 e. The van der Waals surface area contributed by atoms with E-state index in [-0.39, 0.29) is 26.8 Å². The number of carbonyl (C=O) groups excluding carboxylic acids is 1. The summed E-state index contributed by atoms with van der Waals surface area (Å²) in [5.41, 5.74) is -0.214. The van der Waals surface area contributed by atoms with Crippen LogP contribution in [0.4, 0.5) is 5.69 Å². The zero-order valence-electron chi connectivity index (χ0n) is 9.44. The molecule has 1 aromatic heterocycles. The summed E-state index contributed by atoms with van der Waals surface area (Å²) < 4.78 is 0.0342. The van der Waals surface area contributed by atoms with Crippen molar-refractivity contribution in [1.29, 1.82) is 0 Å². The van der Waals surface area contributed by atoms with Crippen LogP contribution in [0.1, 0.15) is 22.5 Å². The van der Waals surface area contributed by atoms with Crippen molar-refractivity contribution >= 4 is 34.5 Å². The molecule has 0 spiro atoms. The van der Waals surface area contributed by atoms with Gasteiger partial charge in [0.2, 0.25) is 0 Å². The maximum atomic E-state index is 11.9. The highest BCUT2D eigenvalue weighted by Gasteiger charge is 2.23. The lowest BCUT2D eigenvalue weighted by Crippen LogP contribution is -2.45. The Hall–Kier alpha value is -1.18. The minimum absolute atomic E-state index is 0.0342. The predicted octanol–water partition coefficient (Wildman–Crippen LogP) is 1.79. The van der Waals surface area contributed by atoms with Gasteiger partial charge in [-0.25, -0.2) is 0 Å². The first-order valence-electron chi connectivity index (χ1n) is 5.53. The SMILES string of the molecule is O=C(NC1CCCNC1)c1cc([N+](=O)[O-])c(Cl)s1. The molecule has 0 radical (unpaired) electrons. The van der Waals surface area contributed by atoms with Crippen LogP contribution >= 0.6 is 22.9 Å². The van der Waals surface area contributed by atoms with E-state index in [1.807, 2.05) is 0 Å². The van der Waals surface area contributed by atoms with Gasteiger partial charge in [-0.1, -0.05) is 11.6 Å². The summed E-state index contributed by atoms with van der Waals surface area (Å²) in [7, 11) is 0. The van der Waals surface area contributed by atoms with Gasteiger partial charge in [0.25, 0.3) is 11.6 Å². The monoisotopic (exact) mass is 289 g/mol. The highest BCUT2D eigenvalue weighted by Crippen LogP contribution is 2.33. The van der Waals surface area contributed by atoms with E-state index in [0.29, 0.717) is 0 Å². The smallest absolute Gasteiger partial charge is 0.299 e. The first kappa shape index (κ1) is 13.3. The maximum absolute atomic E-state index is 11.9. The second-order valence-electron chi connectivity index (χ2n) is 4.04. The van der Waals surface area contributed by atoms with E-state index in [1.165, 1.54) is 6.07 Å². The average Bonchev–Trinajstić information content (AvgIpc) is 2.73. The van der Waals surface area contributed by atoms with Gasteiger partial charge in [-0.2, -0.15) is 0 Å². The number of hydrogen-bond donors (Lipinski definition) is 2. The molecule has 2 heterocycles. The molecule has 1 aromatic rings. The summed E-state index contributed by atoms with van der Waals surface area (Å²) in [6, 6.07) is 1.30. The zero-order chi connectivity index (χ0) is 13.1. The normalized spacial score (nSPS) is 19.5. The Kier molecular flexibility index (Phi) is 4.15. The van der Waals surface area contributed by atoms with Gasteiger partial charge in [-0.3, -0.25) is 14.9 Å². The summed E-state index contributed by atoms with van der Waals surface area (Å²) in [5, 5.41) is 16.7. The average molecular weight is 290 g/mol. The second-order valence-corrected chi connectivity index (χ2v) is 5.70. The van der Waals surface area contributed by atoms with Crippen LogP contribution < -0.4 is 10.6 Å². The number of halogens is 1. The molecule has 1 fully saturated rings. The van der Waals surface area contributed by atoms with Gasteiger partial charge in [0.05, 0.1) is 4.92 Å². The Morgan fingerprint density at radius 1 is 1.67 bits per heavy atom. The largest absolute Gasteiger partial charge is 0.347 e. The van der Waals surface area contributed by atoms with Crippen molar-refractivity contribution in [3.05, 3.63) is 25.4 Å². The number of carbonyl (C=O) groups is 1. The number of piperidine rings is 1. The molecule has 0 aromatic carbocycles. The summed E-state index contributed by atoms with van der Waals surface area (Å²) >= 11 is 6.64. The van der Waals surface area contributed by atoms with Crippen LogP contribution in [-0.4, -0.2) is 30.0 Å². The minimum Gasteiger partial charge on any atom is -0.347 e. The number of rotatable bonds is 3. The highest BCUT2D eigenvalue weighted by atomic mass is 35.5. The number of nitrogens with zero attached hydrogens (tertiary/aromatic N) is 1. The van der Waals surface area contributed by atoms with E-state index in [1.54, 1.807) is 0 Å². The van der Waals surface area contributed by atoms with Crippen LogP contribution in [0, 0.1) is 10.1 Å². The lowest BCUT2D eigenvalue weighted by atomic mass is 10.1. The lowest BCUT2D eigenvalue weighted by molar-refractivity contribution is -0.384. The third-order valence-electron chi connectivity index (χ3n) is 2.72. The molecular weight excluding hydrogens is 278 g/mol. The van der Waals surface area contributed by atoms with Crippen molar-refractivity contribution < 1.29 is 9.72 Å². The molecule has 0 bridgehead atoms. The second kappa shape index (κ2) is 5.64. The van der Waals surface area contributed by atoms with Crippen molar-refractivity contribution in [3.63, 3.8) is 0 Å². The Labute approximate surface area is 112 Å². The topological polar surface area (TPSA) is 84.3 Å². The van der Waals surface area contributed by atoms with Crippen LogP contribution in [0.25, 0.3) is 0 Å². The van der Waals surface area contributed by atoms with Crippen molar-refractivity contribution in [3.8, 4) is 0 Å². The Bertz CT molecular complexity index is 471. The first-order valence-corrected chi connectivity index (χ1v) is 6.72. The predicted molar refractivity (Wildman–Crippen MR) is 69.3 cm³/mol. The van der Waals surface area contributed by atoms with E-state index in [9.17, 15) is 14.9 Å². The van der Waals surface area contributed by atoms with Gasteiger partial charge in [0.15, 0.2) is 4.34 Å². The zero-order valence-corrected chi connectivity index (χ0v) is 11.0. The molecular formula is C10H12ClN3O3S. The Balaban J connectivity index is 2.04. The quantitative estimate of drug-likeness (QED) is 0.656. The van der Waals surface area contributed by atoms with Crippen molar-refractivity contribution in [2.45, 2.75) is 18.9 Å². The molecule has 1 aliphatic rings. The molecule has 8 heteroatoms. The van der Waals surface area contributed by atoms with Gasteiger partial charge in [0.1, 0.15) is 4.88 Å². The summed E-state index contributed by atoms with van der Waals surface area (Å²) in [5.74, 6) is -0.302. The Morgan fingerprint density at radius 3 is 3.00 bits per heavy atom. The van der Waals surface area contributed by atoms with Crippen LogP contribution in [0.5, 0.6) is 0 Å². The van der Waals surface area contributed by atoms with Crippen molar-refractivity contribution in [1.82, 2.24) is 10.6 Å². The summed E-state index contributed by atoms with van der Waals surface area (Å²) in [6.45, 7) is 1.69.